The van der Waals surface area contributed by atoms with Crippen LogP contribution in [-0.4, -0.2) is 0 Å². The van der Waals surface area contributed by atoms with Crippen molar-refractivity contribution in [2.45, 2.75) is 33.1 Å². The van der Waals surface area contributed by atoms with E-state index in [-0.39, 0.29) is 0 Å². The lowest BCUT2D eigenvalue weighted by molar-refractivity contribution is 0.819. The average molecular weight is 224 g/mol. The summed E-state index contributed by atoms with van der Waals surface area (Å²) in [5.74, 6) is 0. The summed E-state index contributed by atoms with van der Waals surface area (Å²) in [5.41, 5.74) is 5.63. The lowest BCUT2D eigenvalue weighted by Gasteiger charge is -2.04. The van der Waals surface area contributed by atoms with E-state index in [0.29, 0.717) is 0 Å². The molecule has 0 bridgehead atoms. The molecule has 0 aliphatic carbocycles. The minimum absolute atomic E-state index is 1.18. The van der Waals surface area contributed by atoms with Gasteiger partial charge in [-0.05, 0) is 44.2 Å². The van der Waals surface area contributed by atoms with Crippen LogP contribution in [0.2, 0.25) is 0 Å². The van der Waals surface area contributed by atoms with E-state index in [0.717, 1.165) is 0 Å². The van der Waals surface area contributed by atoms with Gasteiger partial charge in [0.25, 0.3) is 0 Å². The van der Waals surface area contributed by atoms with Gasteiger partial charge in [0.05, 0.1) is 0 Å². The Labute approximate surface area is 104 Å². The first-order valence-electron chi connectivity index (χ1n) is 6.35. The number of benzene rings is 2. The molecule has 0 fully saturated rings. The SMILES string of the molecule is Cc1cccc(CCCc2cccc(C)c2)c1. The highest BCUT2D eigenvalue weighted by Gasteiger charge is 1.96. The van der Waals surface area contributed by atoms with Crippen LogP contribution in [0.4, 0.5) is 0 Å². The summed E-state index contributed by atoms with van der Waals surface area (Å²) >= 11 is 0. The second kappa shape index (κ2) is 5.67. The van der Waals surface area contributed by atoms with Crippen molar-refractivity contribution >= 4 is 0 Å². The Hall–Kier alpha value is -1.56. The molecule has 17 heavy (non-hydrogen) atoms. The Bertz CT molecular complexity index is 437. The second-order valence-electron chi connectivity index (χ2n) is 4.83. The molecule has 0 N–H and O–H groups in total. The van der Waals surface area contributed by atoms with E-state index in [9.17, 15) is 0 Å². The van der Waals surface area contributed by atoms with Gasteiger partial charge in [-0.2, -0.15) is 0 Å². The molecular formula is C17H20. The van der Waals surface area contributed by atoms with Crippen molar-refractivity contribution in [1.29, 1.82) is 0 Å². The van der Waals surface area contributed by atoms with Crippen molar-refractivity contribution in [3.8, 4) is 0 Å². The smallest absolute Gasteiger partial charge is 0.0276 e. The van der Waals surface area contributed by atoms with Gasteiger partial charge >= 0.3 is 0 Å². The van der Waals surface area contributed by atoms with Crippen LogP contribution in [0.3, 0.4) is 0 Å². The normalized spacial score (nSPS) is 10.5. The van der Waals surface area contributed by atoms with Gasteiger partial charge in [0.15, 0.2) is 0 Å². The third-order valence-corrected chi connectivity index (χ3v) is 3.10. The molecule has 2 rings (SSSR count). The number of hydrogen-bond acceptors (Lipinski definition) is 0. The zero-order valence-electron chi connectivity index (χ0n) is 10.7. The van der Waals surface area contributed by atoms with Gasteiger partial charge < -0.3 is 0 Å². The molecule has 0 radical (unpaired) electrons. The van der Waals surface area contributed by atoms with Gasteiger partial charge in [-0.15, -0.1) is 0 Å². The predicted molar refractivity (Wildman–Crippen MR) is 74.4 cm³/mol. The largest absolute Gasteiger partial charge is 0.0617 e. The predicted octanol–water partition coefficient (Wildman–Crippen LogP) is 4.48. The quantitative estimate of drug-likeness (QED) is 0.718. The fourth-order valence-corrected chi connectivity index (χ4v) is 2.23. The van der Waals surface area contributed by atoms with Crippen LogP contribution in [0.25, 0.3) is 0 Å². The lowest BCUT2D eigenvalue weighted by atomic mass is 10.0. The summed E-state index contributed by atoms with van der Waals surface area (Å²) in [4.78, 5) is 0. The molecule has 0 atom stereocenters. The molecule has 0 heterocycles. The van der Waals surface area contributed by atoms with E-state index in [4.69, 9.17) is 0 Å². The first-order valence-corrected chi connectivity index (χ1v) is 6.35. The maximum absolute atomic E-state index is 2.29. The van der Waals surface area contributed by atoms with Gasteiger partial charge in [-0.25, -0.2) is 0 Å². The summed E-state index contributed by atoms with van der Waals surface area (Å²) in [7, 11) is 0. The molecule has 0 aliphatic heterocycles. The molecule has 0 spiro atoms. The highest BCUT2D eigenvalue weighted by Crippen LogP contribution is 2.11. The zero-order chi connectivity index (χ0) is 12.1. The fraction of sp³-hybridized carbons (Fsp3) is 0.294. The molecule has 2 aromatic carbocycles. The van der Waals surface area contributed by atoms with Gasteiger partial charge in [0.2, 0.25) is 0 Å². The zero-order valence-corrected chi connectivity index (χ0v) is 10.7. The minimum atomic E-state index is 1.18. The Balaban J connectivity index is 1.87. The highest BCUT2D eigenvalue weighted by molar-refractivity contribution is 5.24. The molecule has 0 aromatic heterocycles. The summed E-state index contributed by atoms with van der Waals surface area (Å²) in [6, 6.07) is 17.6. The topological polar surface area (TPSA) is 0 Å². The van der Waals surface area contributed by atoms with Gasteiger partial charge in [0, 0.05) is 0 Å². The summed E-state index contributed by atoms with van der Waals surface area (Å²) in [5, 5.41) is 0. The van der Waals surface area contributed by atoms with Crippen molar-refractivity contribution in [1.82, 2.24) is 0 Å². The summed E-state index contributed by atoms with van der Waals surface area (Å²) < 4.78 is 0. The van der Waals surface area contributed by atoms with Crippen LogP contribution in [0.1, 0.15) is 28.7 Å². The van der Waals surface area contributed by atoms with Crippen LogP contribution in [0.5, 0.6) is 0 Å². The van der Waals surface area contributed by atoms with Crippen LogP contribution in [0.15, 0.2) is 48.5 Å². The maximum atomic E-state index is 2.29. The highest BCUT2D eigenvalue weighted by atomic mass is 14.0. The van der Waals surface area contributed by atoms with Crippen LogP contribution in [-0.2, 0) is 12.8 Å². The summed E-state index contributed by atoms with van der Waals surface area (Å²) in [6.07, 6.45) is 3.58. The van der Waals surface area contributed by atoms with E-state index in [1.54, 1.807) is 0 Å². The second-order valence-corrected chi connectivity index (χ2v) is 4.83. The Morgan fingerprint density at radius 3 is 1.59 bits per heavy atom. The molecule has 0 nitrogen and oxygen atoms in total. The third kappa shape index (κ3) is 3.74. The molecule has 0 saturated heterocycles. The monoisotopic (exact) mass is 224 g/mol. The van der Waals surface area contributed by atoms with Gasteiger partial charge in [0.1, 0.15) is 0 Å². The third-order valence-electron chi connectivity index (χ3n) is 3.10. The number of rotatable bonds is 4. The minimum Gasteiger partial charge on any atom is -0.0617 e. The van der Waals surface area contributed by atoms with E-state index < -0.39 is 0 Å². The summed E-state index contributed by atoms with van der Waals surface area (Å²) in [6.45, 7) is 4.31. The molecule has 0 aliphatic rings. The fourth-order valence-electron chi connectivity index (χ4n) is 2.23. The van der Waals surface area contributed by atoms with Gasteiger partial charge in [-0.3, -0.25) is 0 Å². The molecule has 0 unspecified atom stereocenters. The standard InChI is InChI=1S/C17H20/c1-14-6-3-8-16(12-14)10-5-11-17-9-4-7-15(2)13-17/h3-4,6-9,12-13H,5,10-11H2,1-2H3. The molecule has 0 saturated carbocycles. The van der Waals surface area contributed by atoms with Crippen molar-refractivity contribution in [2.24, 2.45) is 0 Å². The maximum Gasteiger partial charge on any atom is -0.0276 e. The molecule has 0 heteroatoms. The van der Waals surface area contributed by atoms with Crippen LogP contribution in [0, 0.1) is 13.8 Å². The Morgan fingerprint density at radius 2 is 1.18 bits per heavy atom. The Kier molecular flexibility index (Phi) is 3.98. The Morgan fingerprint density at radius 1 is 0.706 bits per heavy atom. The molecule has 88 valence electrons. The van der Waals surface area contributed by atoms with Gasteiger partial charge in [-0.1, -0.05) is 59.7 Å². The van der Waals surface area contributed by atoms with E-state index in [1.807, 2.05) is 0 Å². The first-order chi connectivity index (χ1) is 8.24. The number of hydrogen-bond donors (Lipinski definition) is 0. The average Bonchev–Trinajstić information content (AvgIpc) is 2.29. The molecular weight excluding hydrogens is 204 g/mol. The van der Waals surface area contributed by atoms with E-state index in [1.165, 1.54) is 41.5 Å². The number of aryl methyl sites for hydroxylation is 4. The molecule has 0 amide bonds. The van der Waals surface area contributed by atoms with Crippen molar-refractivity contribution in [3.05, 3.63) is 70.8 Å². The van der Waals surface area contributed by atoms with Crippen molar-refractivity contribution in [2.75, 3.05) is 0 Å². The van der Waals surface area contributed by atoms with E-state index >= 15 is 0 Å². The lowest BCUT2D eigenvalue weighted by Crippen LogP contribution is -1.91. The van der Waals surface area contributed by atoms with E-state index in [2.05, 4.69) is 62.4 Å². The molecule has 2 aromatic rings. The van der Waals surface area contributed by atoms with Crippen LogP contribution < -0.4 is 0 Å². The first kappa shape index (κ1) is 11.9. The van der Waals surface area contributed by atoms with Crippen molar-refractivity contribution in [3.63, 3.8) is 0 Å². The van der Waals surface area contributed by atoms with Crippen molar-refractivity contribution < 1.29 is 0 Å². The van der Waals surface area contributed by atoms with Crippen LogP contribution >= 0.6 is 0 Å².